The lowest BCUT2D eigenvalue weighted by Gasteiger charge is -2.31. The summed E-state index contributed by atoms with van der Waals surface area (Å²) in [4.78, 5) is 4.59. The molecule has 156 valence electrons. The molecule has 0 bridgehead atoms. The third-order valence-corrected chi connectivity index (χ3v) is 7.41. The molecule has 0 aromatic heterocycles. The quantitative estimate of drug-likeness (QED) is 0.783. The van der Waals surface area contributed by atoms with Crippen molar-refractivity contribution in [3.63, 3.8) is 0 Å². The van der Waals surface area contributed by atoms with Gasteiger partial charge in [0.2, 0.25) is 10.0 Å². The number of sulfonamides is 1. The highest BCUT2D eigenvalue weighted by atomic mass is 32.2. The Labute approximate surface area is 172 Å². The van der Waals surface area contributed by atoms with E-state index in [2.05, 4.69) is 39.8 Å². The Kier molecular flexibility index (Phi) is 5.90. The van der Waals surface area contributed by atoms with Gasteiger partial charge in [-0.2, -0.15) is 0 Å². The van der Waals surface area contributed by atoms with Crippen molar-refractivity contribution >= 4 is 15.7 Å². The molecule has 1 N–H and O–H groups in total. The van der Waals surface area contributed by atoms with Gasteiger partial charge in [0, 0.05) is 31.9 Å². The smallest absolute Gasteiger partial charge is 0.240 e. The number of halogens is 1. The van der Waals surface area contributed by atoms with Gasteiger partial charge in [0.05, 0.1) is 4.90 Å². The normalized spacial score (nSPS) is 18.6. The molecule has 2 aromatic rings. The molecule has 0 unspecified atom stereocenters. The van der Waals surface area contributed by atoms with E-state index >= 15 is 0 Å². The van der Waals surface area contributed by atoms with Crippen molar-refractivity contribution in [3.8, 4) is 0 Å². The lowest BCUT2D eigenvalue weighted by atomic mass is 9.96. The summed E-state index contributed by atoms with van der Waals surface area (Å²) in [7, 11) is -1.65. The fourth-order valence-electron chi connectivity index (χ4n) is 4.43. The molecule has 0 radical (unpaired) electrons. The topological polar surface area (TPSA) is 52.7 Å². The van der Waals surface area contributed by atoms with Gasteiger partial charge in [0.1, 0.15) is 5.82 Å². The highest BCUT2D eigenvalue weighted by Crippen LogP contribution is 2.32. The first kappa shape index (κ1) is 20.3. The van der Waals surface area contributed by atoms with Crippen molar-refractivity contribution in [1.82, 2.24) is 9.62 Å². The number of nitrogens with one attached hydrogen (secondary N) is 1. The predicted octanol–water partition coefficient (Wildman–Crippen LogP) is 3.32. The first-order chi connectivity index (χ1) is 13.9. The van der Waals surface area contributed by atoms with Gasteiger partial charge in [-0.05, 0) is 74.2 Å². The van der Waals surface area contributed by atoms with Crippen LogP contribution in [0.2, 0.25) is 0 Å². The first-order valence-corrected chi connectivity index (χ1v) is 11.8. The third-order valence-electron chi connectivity index (χ3n) is 5.99. The van der Waals surface area contributed by atoms with Crippen LogP contribution in [0.3, 0.4) is 0 Å². The number of rotatable bonds is 6. The van der Waals surface area contributed by atoms with E-state index in [-0.39, 0.29) is 17.5 Å². The molecule has 0 aliphatic carbocycles. The molecule has 2 aromatic carbocycles. The summed E-state index contributed by atoms with van der Waals surface area (Å²) in [6.07, 6.45) is 4.43. The zero-order chi connectivity index (χ0) is 20.4. The second-order valence-corrected chi connectivity index (χ2v) is 9.75. The SMILES string of the molecule is CN1CCCc2cc([C@H](CNS(=O)(=O)c3cccc(F)c3)N3CCCC3)ccc21. The molecule has 29 heavy (non-hydrogen) atoms. The van der Waals surface area contributed by atoms with Gasteiger partial charge in [-0.25, -0.2) is 17.5 Å². The van der Waals surface area contributed by atoms with Crippen molar-refractivity contribution in [2.45, 2.75) is 36.6 Å². The monoisotopic (exact) mass is 417 g/mol. The number of hydrogen-bond acceptors (Lipinski definition) is 4. The van der Waals surface area contributed by atoms with E-state index in [1.165, 1.54) is 29.4 Å². The summed E-state index contributed by atoms with van der Waals surface area (Å²) in [5.41, 5.74) is 3.73. The van der Waals surface area contributed by atoms with Gasteiger partial charge in [-0.1, -0.05) is 18.2 Å². The molecule has 0 spiro atoms. The van der Waals surface area contributed by atoms with Crippen LogP contribution in [-0.2, 0) is 16.4 Å². The van der Waals surface area contributed by atoms with E-state index in [9.17, 15) is 12.8 Å². The molecular formula is C22H28FN3O2S. The molecule has 2 aliphatic heterocycles. The Hall–Kier alpha value is -1.96. The molecule has 4 rings (SSSR count). The summed E-state index contributed by atoms with van der Waals surface area (Å²) in [6, 6.07) is 11.6. The number of aryl methyl sites for hydroxylation is 1. The Balaban J connectivity index is 1.58. The van der Waals surface area contributed by atoms with Gasteiger partial charge >= 0.3 is 0 Å². The number of nitrogens with zero attached hydrogens (tertiary/aromatic N) is 2. The molecule has 1 fully saturated rings. The van der Waals surface area contributed by atoms with E-state index in [4.69, 9.17) is 0 Å². The van der Waals surface area contributed by atoms with Crippen LogP contribution < -0.4 is 9.62 Å². The summed E-state index contributed by atoms with van der Waals surface area (Å²) >= 11 is 0. The largest absolute Gasteiger partial charge is 0.374 e. The molecule has 2 heterocycles. The van der Waals surface area contributed by atoms with Crippen LogP contribution in [0.15, 0.2) is 47.4 Å². The molecule has 5 nitrogen and oxygen atoms in total. The fourth-order valence-corrected chi connectivity index (χ4v) is 5.50. The fraction of sp³-hybridized carbons (Fsp3) is 0.455. The average molecular weight is 418 g/mol. The lowest BCUT2D eigenvalue weighted by molar-refractivity contribution is 0.246. The average Bonchev–Trinajstić information content (AvgIpc) is 3.23. The molecule has 1 saturated heterocycles. The maximum Gasteiger partial charge on any atom is 0.240 e. The molecule has 0 amide bonds. The first-order valence-electron chi connectivity index (χ1n) is 10.3. The van der Waals surface area contributed by atoms with Crippen molar-refractivity contribution < 1.29 is 12.8 Å². The van der Waals surface area contributed by atoms with Crippen LogP contribution in [0, 0.1) is 5.82 Å². The Bertz CT molecular complexity index is 974. The maximum atomic E-state index is 13.5. The van der Waals surface area contributed by atoms with Crippen LogP contribution >= 0.6 is 0 Å². The second-order valence-electron chi connectivity index (χ2n) is 7.98. The molecule has 2 aliphatic rings. The minimum Gasteiger partial charge on any atom is -0.374 e. The van der Waals surface area contributed by atoms with Gasteiger partial charge < -0.3 is 4.90 Å². The minimum atomic E-state index is -3.77. The molecule has 7 heteroatoms. The zero-order valence-electron chi connectivity index (χ0n) is 16.8. The number of benzene rings is 2. The molecule has 0 saturated carbocycles. The van der Waals surface area contributed by atoms with E-state index in [0.717, 1.165) is 56.9 Å². The highest BCUT2D eigenvalue weighted by Gasteiger charge is 2.27. The van der Waals surface area contributed by atoms with Crippen LogP contribution in [0.25, 0.3) is 0 Å². The summed E-state index contributed by atoms with van der Waals surface area (Å²) in [5.74, 6) is -0.553. The van der Waals surface area contributed by atoms with Crippen LogP contribution in [0.1, 0.15) is 36.4 Å². The minimum absolute atomic E-state index is 0.0293. The number of hydrogen-bond donors (Lipinski definition) is 1. The van der Waals surface area contributed by atoms with E-state index in [1.54, 1.807) is 0 Å². The van der Waals surface area contributed by atoms with Gasteiger partial charge in [0.25, 0.3) is 0 Å². The summed E-state index contributed by atoms with van der Waals surface area (Å²) < 4.78 is 41.6. The molecule has 1 atom stereocenters. The van der Waals surface area contributed by atoms with Crippen molar-refractivity contribution in [1.29, 1.82) is 0 Å². The van der Waals surface area contributed by atoms with E-state index in [0.29, 0.717) is 0 Å². The van der Waals surface area contributed by atoms with Crippen molar-refractivity contribution in [3.05, 3.63) is 59.4 Å². The van der Waals surface area contributed by atoms with Crippen LogP contribution in [0.4, 0.5) is 10.1 Å². The van der Waals surface area contributed by atoms with Crippen molar-refractivity contribution in [2.24, 2.45) is 0 Å². The molecular weight excluding hydrogens is 389 g/mol. The van der Waals surface area contributed by atoms with E-state index < -0.39 is 15.8 Å². The van der Waals surface area contributed by atoms with Gasteiger partial charge in [-0.3, -0.25) is 4.90 Å². The Morgan fingerprint density at radius 2 is 1.86 bits per heavy atom. The Morgan fingerprint density at radius 3 is 2.62 bits per heavy atom. The Morgan fingerprint density at radius 1 is 1.07 bits per heavy atom. The van der Waals surface area contributed by atoms with Gasteiger partial charge in [0.15, 0.2) is 0 Å². The highest BCUT2D eigenvalue weighted by molar-refractivity contribution is 7.89. The number of anilines is 1. The lowest BCUT2D eigenvalue weighted by Crippen LogP contribution is -2.37. The second kappa shape index (κ2) is 8.42. The number of fused-ring (bicyclic) bond motifs is 1. The standard InChI is InChI=1S/C22H28FN3O2S/c1-25-11-5-6-17-14-18(9-10-21(17)25)22(26-12-2-3-13-26)16-24-29(27,28)20-8-4-7-19(23)15-20/h4,7-10,14-15,22,24H,2-3,5-6,11-13,16H2,1H3/t22-/m0/s1. The summed E-state index contributed by atoms with van der Waals surface area (Å²) in [6.45, 7) is 3.26. The predicted molar refractivity (Wildman–Crippen MR) is 113 cm³/mol. The van der Waals surface area contributed by atoms with Crippen molar-refractivity contribution in [2.75, 3.05) is 38.1 Å². The van der Waals surface area contributed by atoms with Crippen LogP contribution in [-0.4, -0.2) is 46.5 Å². The third kappa shape index (κ3) is 4.47. The maximum absolute atomic E-state index is 13.5. The summed E-state index contributed by atoms with van der Waals surface area (Å²) in [5, 5.41) is 0. The van der Waals surface area contributed by atoms with Crippen LogP contribution in [0.5, 0.6) is 0 Å². The number of likely N-dealkylation sites (tertiary alicyclic amines) is 1. The van der Waals surface area contributed by atoms with Gasteiger partial charge in [-0.15, -0.1) is 0 Å². The van der Waals surface area contributed by atoms with E-state index in [1.807, 2.05) is 0 Å². The zero-order valence-corrected chi connectivity index (χ0v) is 17.6.